The number of hydrogen-bond donors (Lipinski definition) is 4. The van der Waals surface area contributed by atoms with Crippen molar-refractivity contribution in [1.29, 1.82) is 0 Å². The number of aromatic carboxylic acids is 4. The van der Waals surface area contributed by atoms with Crippen molar-refractivity contribution in [2.75, 3.05) is 0 Å². The van der Waals surface area contributed by atoms with Crippen molar-refractivity contribution in [1.82, 2.24) is 0 Å². The van der Waals surface area contributed by atoms with Crippen LogP contribution in [0.3, 0.4) is 0 Å². The third-order valence-electron chi connectivity index (χ3n) is 17.1. The molecule has 440 valence electrons. The van der Waals surface area contributed by atoms with Crippen molar-refractivity contribution in [2.45, 2.75) is 84.5 Å². The van der Waals surface area contributed by atoms with Crippen molar-refractivity contribution in [2.24, 2.45) is 0 Å². The van der Waals surface area contributed by atoms with E-state index in [1.165, 1.54) is 38.1 Å². The van der Waals surface area contributed by atoms with Gasteiger partial charge < -0.3 is 34.6 Å². The van der Waals surface area contributed by atoms with Gasteiger partial charge in [-0.25, -0.2) is 38.4 Å². The molecule has 8 aromatic rings. The van der Waals surface area contributed by atoms with Crippen LogP contribution >= 0.6 is 0 Å². The normalized spacial score (nSPS) is 14.5. The first-order valence-corrected chi connectivity index (χ1v) is 27.4. The Bertz CT molecular complexity index is 4440. The molecule has 0 aromatic heterocycles. The second-order valence-corrected chi connectivity index (χ2v) is 24.0. The van der Waals surface area contributed by atoms with E-state index in [1.807, 2.05) is 54.6 Å². The summed E-state index contributed by atoms with van der Waals surface area (Å²) in [4.78, 5) is 119. The van der Waals surface area contributed by atoms with Gasteiger partial charge in [0.2, 0.25) is 0 Å². The van der Waals surface area contributed by atoms with Crippen molar-refractivity contribution in [3.05, 3.63) is 234 Å². The summed E-state index contributed by atoms with van der Waals surface area (Å²) in [5.74, 6) is -9.63. The molecule has 0 fully saturated rings. The third kappa shape index (κ3) is 8.42. The maximum atomic E-state index is 12.7. The van der Waals surface area contributed by atoms with Gasteiger partial charge >= 0.3 is 59.7 Å². The quantitative estimate of drug-likeness (QED) is 0.0724. The highest BCUT2D eigenvalue weighted by molar-refractivity contribution is 6.18. The van der Waals surface area contributed by atoms with E-state index in [2.05, 4.69) is 76.6 Å². The minimum atomic E-state index is -1.45. The monoisotopic (exact) mass is 1180 g/mol. The fourth-order valence-corrected chi connectivity index (χ4v) is 13.4. The first kappa shape index (κ1) is 58.8. The Morgan fingerprint density at radius 3 is 0.920 bits per heavy atom. The minimum Gasteiger partial charge on any atom is -0.478 e. The Balaban J connectivity index is 0.000000163. The summed E-state index contributed by atoms with van der Waals surface area (Å²) in [6.45, 7) is 15.0. The largest absolute Gasteiger partial charge is 0.478 e. The standard InChI is InChI=1S/C33H24O8.C33H20O6.C4H6O3.CH4/c1-32(2,3)15-8-9-17-16-6-4-5-7-24(16)33(25(17)10-15)26-13-22(30(38)39)20(28(34)35)11-18(26)19-12-21(29(36)37)23(31(40)41)14-27(19)33;1-32(2,3)15-8-9-17-16-6-4-5-7-24(16)33(25(17)10-15)26-13-22-20(28(34)38-30(22)36)11-18(26)19-12-21-23(14-27(19)33)31(37)39-29(21)35;1-3(5)7-4(2)6;/h4-14H,1-3H3,(H,34,35)(H,36,37)(H,38,39)(H,40,41);4-14H,1-3H3;1-2H3;1H4. The molecule has 2 spiro atoms. The van der Waals surface area contributed by atoms with Gasteiger partial charge in [0.25, 0.3) is 0 Å². The lowest BCUT2D eigenvalue weighted by molar-refractivity contribution is -0.156. The predicted molar refractivity (Wildman–Crippen MR) is 319 cm³/mol. The smallest absolute Gasteiger partial charge is 0.346 e. The average molecular weight is 1180 g/mol. The Morgan fingerprint density at radius 2 is 0.614 bits per heavy atom. The summed E-state index contributed by atoms with van der Waals surface area (Å²) in [7, 11) is 0. The van der Waals surface area contributed by atoms with Gasteiger partial charge in [-0.1, -0.05) is 134 Å². The summed E-state index contributed by atoms with van der Waals surface area (Å²) in [6.07, 6.45) is 0. The van der Waals surface area contributed by atoms with E-state index in [0.29, 0.717) is 33.4 Å². The number of carbonyl (C=O) groups excluding carboxylic acids is 6. The van der Waals surface area contributed by atoms with E-state index >= 15 is 0 Å². The molecule has 2 heterocycles. The van der Waals surface area contributed by atoms with E-state index in [1.54, 1.807) is 24.3 Å². The Kier molecular flexibility index (Phi) is 13.4. The highest BCUT2D eigenvalue weighted by Gasteiger charge is 2.56. The molecular weight excluding hydrogens is 1120 g/mol. The summed E-state index contributed by atoms with van der Waals surface area (Å²) < 4.78 is 13.9. The number of ether oxygens (including phenoxy) is 3. The number of carbonyl (C=O) groups is 10. The number of carboxylic acid groups (broad SMARTS) is 4. The molecule has 0 atom stereocenters. The van der Waals surface area contributed by atoms with Gasteiger partial charge in [-0.15, -0.1) is 0 Å². The number of hydrogen-bond acceptors (Lipinski definition) is 13. The zero-order chi connectivity index (χ0) is 62.5. The molecule has 88 heavy (non-hydrogen) atoms. The van der Waals surface area contributed by atoms with Gasteiger partial charge in [-0.05, 0) is 160 Å². The number of carboxylic acids is 4. The molecular formula is C71H54O17. The number of benzene rings is 8. The first-order valence-electron chi connectivity index (χ1n) is 27.4. The van der Waals surface area contributed by atoms with Gasteiger partial charge in [0.15, 0.2) is 0 Å². The van der Waals surface area contributed by atoms with Crippen LogP contribution in [0.5, 0.6) is 0 Å². The zero-order valence-electron chi connectivity index (χ0n) is 47.8. The van der Waals surface area contributed by atoms with Crippen LogP contribution in [0.25, 0.3) is 44.5 Å². The molecule has 0 saturated heterocycles. The van der Waals surface area contributed by atoms with E-state index in [0.717, 1.165) is 66.8 Å². The average Bonchev–Trinajstić information content (AvgIpc) is 1.52. The maximum Gasteiger partial charge on any atom is 0.346 e. The van der Waals surface area contributed by atoms with Gasteiger partial charge in [0.1, 0.15) is 0 Å². The van der Waals surface area contributed by atoms with Crippen LogP contribution in [0.2, 0.25) is 0 Å². The fourth-order valence-electron chi connectivity index (χ4n) is 13.4. The lowest BCUT2D eigenvalue weighted by atomic mass is 9.69. The molecule has 14 rings (SSSR count). The van der Waals surface area contributed by atoms with Crippen LogP contribution < -0.4 is 0 Å². The van der Waals surface area contributed by atoms with Gasteiger partial charge in [0.05, 0.1) is 55.3 Å². The number of cyclic esters (lactones) is 4. The van der Waals surface area contributed by atoms with Crippen LogP contribution in [-0.2, 0) is 45.5 Å². The Morgan fingerprint density at radius 1 is 0.341 bits per heavy atom. The van der Waals surface area contributed by atoms with Gasteiger partial charge in [-0.2, -0.15) is 0 Å². The molecule has 4 aliphatic carbocycles. The van der Waals surface area contributed by atoms with Gasteiger partial charge in [0, 0.05) is 13.8 Å². The Labute approximate surface area is 502 Å². The molecule has 4 N–H and O–H groups in total. The minimum absolute atomic E-state index is 0. The van der Waals surface area contributed by atoms with Crippen LogP contribution in [0, 0.1) is 0 Å². The maximum absolute atomic E-state index is 12.7. The first-order chi connectivity index (χ1) is 41.0. The van der Waals surface area contributed by atoms with E-state index in [9.17, 15) is 68.4 Å². The van der Waals surface area contributed by atoms with Gasteiger partial charge in [-0.3, -0.25) is 9.59 Å². The molecule has 6 aliphatic rings. The second kappa shape index (κ2) is 20.1. The van der Waals surface area contributed by atoms with E-state index in [4.69, 9.17) is 9.47 Å². The van der Waals surface area contributed by atoms with Crippen LogP contribution in [0.1, 0.15) is 201 Å². The van der Waals surface area contributed by atoms with Crippen molar-refractivity contribution in [3.63, 3.8) is 0 Å². The predicted octanol–water partition coefficient (Wildman–Crippen LogP) is 12.8. The lowest BCUT2D eigenvalue weighted by Crippen LogP contribution is -2.28. The molecule has 17 nitrogen and oxygen atoms in total. The SMILES string of the molecule is C.CC(=O)OC(C)=O.CC(C)(C)c1ccc2c(c1)C1(c3ccccc3-2)c2cc(C(=O)O)c(C(=O)O)cc2-c2cc(C(=O)O)c(C(=O)O)cc21.CC(C)(C)c1ccc2c(c1)C1(c3ccccc3-2)c2cc3c(cc2-c2cc4c(cc21)C(=O)OC4=O)C(=O)OC3=O. The molecule has 0 amide bonds. The molecule has 17 heteroatoms. The molecule has 0 unspecified atom stereocenters. The van der Waals surface area contributed by atoms with Crippen LogP contribution in [-0.4, -0.2) is 80.1 Å². The molecule has 8 aromatic carbocycles. The molecule has 0 bridgehead atoms. The topological polar surface area (TPSA) is 279 Å². The highest BCUT2D eigenvalue weighted by atomic mass is 16.6. The lowest BCUT2D eigenvalue weighted by Gasteiger charge is -2.32. The third-order valence-corrected chi connectivity index (χ3v) is 17.1. The second-order valence-electron chi connectivity index (χ2n) is 24.0. The van der Waals surface area contributed by atoms with E-state index in [-0.39, 0.29) is 40.5 Å². The van der Waals surface area contributed by atoms with Crippen molar-refractivity contribution < 1.29 is 82.6 Å². The summed E-state index contributed by atoms with van der Waals surface area (Å²) in [5, 5.41) is 39.9. The summed E-state index contributed by atoms with van der Waals surface area (Å²) >= 11 is 0. The fraction of sp³-hybridized carbons (Fsp3) is 0.183. The van der Waals surface area contributed by atoms with Crippen molar-refractivity contribution in [3.8, 4) is 44.5 Å². The van der Waals surface area contributed by atoms with Crippen molar-refractivity contribution >= 4 is 59.7 Å². The van der Waals surface area contributed by atoms with Crippen LogP contribution in [0.4, 0.5) is 0 Å². The van der Waals surface area contributed by atoms with Crippen LogP contribution in [0.15, 0.2) is 133 Å². The highest BCUT2D eigenvalue weighted by Crippen LogP contribution is 2.66. The zero-order valence-corrected chi connectivity index (χ0v) is 47.8. The molecule has 0 radical (unpaired) electrons. The van der Waals surface area contributed by atoms with E-state index < -0.39 is 92.8 Å². The summed E-state index contributed by atoms with van der Waals surface area (Å²) in [6, 6.07) is 40.3. The summed E-state index contributed by atoms with van der Waals surface area (Å²) in [5.41, 5.74) is 10.7. The Hall–Kier alpha value is -10.9. The number of rotatable bonds is 4. The molecule has 2 aliphatic heterocycles. The number of esters is 6. The number of fused-ring (bicyclic) bond motifs is 22. The molecule has 0 saturated carbocycles.